The standard InChI is InChI=1S/C28H32O4Si/c1-28(2,3)33(23-15-9-5-10-16-23,24-17-11-6-12-18-24)31-21-26-27(32-26)25(29)20-30-19-22-13-7-4-8-14-22/h4-18,26-27H,19-21H2,1-3H3. The molecule has 0 N–H and O–H groups in total. The summed E-state index contributed by atoms with van der Waals surface area (Å²) in [5.41, 5.74) is 1.05. The fourth-order valence-corrected chi connectivity index (χ4v) is 9.02. The van der Waals surface area contributed by atoms with Crippen molar-refractivity contribution in [3.8, 4) is 0 Å². The minimum absolute atomic E-state index is 0.0259. The molecule has 5 heteroatoms. The van der Waals surface area contributed by atoms with Gasteiger partial charge in [0.15, 0.2) is 5.78 Å². The van der Waals surface area contributed by atoms with Crippen LogP contribution in [0.4, 0.5) is 0 Å². The van der Waals surface area contributed by atoms with Gasteiger partial charge < -0.3 is 13.9 Å². The third-order valence-electron chi connectivity index (χ3n) is 6.14. The average molecular weight is 461 g/mol. The number of hydrogen-bond acceptors (Lipinski definition) is 4. The van der Waals surface area contributed by atoms with Crippen molar-refractivity contribution in [3.05, 3.63) is 96.6 Å². The molecule has 2 atom stereocenters. The molecule has 3 aromatic carbocycles. The van der Waals surface area contributed by atoms with Crippen LogP contribution in [0.5, 0.6) is 0 Å². The van der Waals surface area contributed by atoms with E-state index in [2.05, 4.69) is 69.3 Å². The largest absolute Gasteiger partial charge is 0.405 e. The van der Waals surface area contributed by atoms with Crippen molar-refractivity contribution in [3.63, 3.8) is 0 Å². The van der Waals surface area contributed by atoms with E-state index in [-0.39, 0.29) is 23.5 Å². The number of Topliss-reactive ketones (excluding diaryl/α,β-unsaturated/α-hetero) is 1. The Balaban J connectivity index is 1.43. The Morgan fingerprint density at radius 1 is 0.848 bits per heavy atom. The molecule has 0 aliphatic carbocycles. The fraction of sp³-hybridized carbons (Fsp3) is 0.321. The second kappa shape index (κ2) is 10.1. The van der Waals surface area contributed by atoms with Crippen molar-refractivity contribution in [2.75, 3.05) is 13.2 Å². The van der Waals surface area contributed by atoms with Crippen LogP contribution in [0.15, 0.2) is 91.0 Å². The van der Waals surface area contributed by atoms with Crippen molar-refractivity contribution >= 4 is 24.5 Å². The number of rotatable bonds is 10. The first-order valence-electron chi connectivity index (χ1n) is 11.5. The molecular weight excluding hydrogens is 428 g/mol. The van der Waals surface area contributed by atoms with Gasteiger partial charge in [0.25, 0.3) is 8.32 Å². The number of ketones is 1. The molecule has 172 valence electrons. The molecule has 0 aromatic heterocycles. The zero-order valence-corrected chi connectivity index (χ0v) is 20.6. The third-order valence-corrected chi connectivity index (χ3v) is 11.1. The molecule has 3 aromatic rings. The lowest BCUT2D eigenvalue weighted by Crippen LogP contribution is -2.66. The fourth-order valence-electron chi connectivity index (χ4n) is 4.45. The average Bonchev–Trinajstić information content (AvgIpc) is 3.61. The van der Waals surface area contributed by atoms with Gasteiger partial charge >= 0.3 is 0 Å². The van der Waals surface area contributed by atoms with Crippen LogP contribution < -0.4 is 10.4 Å². The van der Waals surface area contributed by atoms with Gasteiger partial charge in [0.2, 0.25) is 0 Å². The Labute approximate surface area is 197 Å². The van der Waals surface area contributed by atoms with E-state index in [1.54, 1.807) is 0 Å². The van der Waals surface area contributed by atoms with Crippen LogP contribution in [0.1, 0.15) is 26.3 Å². The van der Waals surface area contributed by atoms with E-state index < -0.39 is 14.4 Å². The summed E-state index contributed by atoms with van der Waals surface area (Å²) in [5, 5.41) is 2.33. The van der Waals surface area contributed by atoms with E-state index in [4.69, 9.17) is 13.9 Å². The third kappa shape index (κ3) is 5.33. The number of hydrogen-bond donors (Lipinski definition) is 0. The molecule has 1 aliphatic rings. The molecule has 33 heavy (non-hydrogen) atoms. The number of carbonyl (C=O) groups excluding carboxylic acids is 1. The van der Waals surface area contributed by atoms with Gasteiger partial charge in [0.1, 0.15) is 18.8 Å². The van der Waals surface area contributed by atoms with E-state index in [0.29, 0.717) is 13.2 Å². The Morgan fingerprint density at radius 3 is 1.88 bits per heavy atom. The van der Waals surface area contributed by atoms with Crippen molar-refractivity contribution in [2.45, 2.75) is 44.6 Å². The molecular formula is C28H32O4Si. The highest BCUT2D eigenvalue weighted by atomic mass is 28.4. The molecule has 0 bridgehead atoms. The Hall–Kier alpha value is -2.57. The number of ether oxygens (including phenoxy) is 2. The second-order valence-corrected chi connectivity index (χ2v) is 13.8. The first-order chi connectivity index (χ1) is 15.9. The predicted octanol–water partition coefficient (Wildman–Crippen LogP) is 4.12. The molecule has 1 heterocycles. The molecule has 1 saturated heterocycles. The SMILES string of the molecule is CC(C)(C)[Si](OCC1OC1C(=O)COCc1ccccc1)(c1ccccc1)c1ccccc1. The van der Waals surface area contributed by atoms with Gasteiger partial charge in [-0.3, -0.25) is 4.79 Å². The molecule has 0 saturated carbocycles. The summed E-state index contributed by atoms with van der Waals surface area (Å²) in [5.74, 6) is -0.0259. The van der Waals surface area contributed by atoms with E-state index in [1.165, 1.54) is 10.4 Å². The Kier molecular flexibility index (Phi) is 7.25. The van der Waals surface area contributed by atoms with Gasteiger partial charge in [0.05, 0.1) is 13.2 Å². The van der Waals surface area contributed by atoms with Crippen LogP contribution in [0, 0.1) is 0 Å². The normalized spacial score (nSPS) is 18.2. The summed E-state index contributed by atoms with van der Waals surface area (Å²) in [4.78, 5) is 12.6. The molecule has 4 nitrogen and oxygen atoms in total. The van der Waals surface area contributed by atoms with Crippen LogP contribution in [0.3, 0.4) is 0 Å². The molecule has 1 fully saturated rings. The maximum Gasteiger partial charge on any atom is 0.261 e. The molecule has 4 rings (SSSR count). The molecule has 0 amide bonds. The van der Waals surface area contributed by atoms with Gasteiger partial charge in [-0.05, 0) is 21.0 Å². The summed E-state index contributed by atoms with van der Waals surface area (Å²) in [6.07, 6.45) is -0.668. The van der Waals surface area contributed by atoms with Crippen LogP contribution in [0.25, 0.3) is 0 Å². The van der Waals surface area contributed by atoms with Crippen LogP contribution in [-0.4, -0.2) is 39.5 Å². The van der Waals surface area contributed by atoms with E-state index in [1.807, 2.05) is 42.5 Å². The van der Waals surface area contributed by atoms with Gasteiger partial charge in [-0.15, -0.1) is 0 Å². The lowest BCUT2D eigenvalue weighted by atomic mass is 10.2. The van der Waals surface area contributed by atoms with Crippen LogP contribution in [-0.2, 0) is 25.3 Å². The van der Waals surface area contributed by atoms with Crippen molar-refractivity contribution in [1.29, 1.82) is 0 Å². The summed E-state index contributed by atoms with van der Waals surface area (Å²) < 4.78 is 18.2. The molecule has 0 radical (unpaired) electrons. The second-order valence-electron chi connectivity index (χ2n) is 9.51. The van der Waals surface area contributed by atoms with E-state index in [9.17, 15) is 4.79 Å². The Morgan fingerprint density at radius 2 is 1.36 bits per heavy atom. The quantitative estimate of drug-likeness (QED) is 0.337. The molecule has 1 aliphatic heterocycles. The molecule has 0 spiro atoms. The van der Waals surface area contributed by atoms with E-state index in [0.717, 1.165) is 5.56 Å². The Bertz CT molecular complexity index is 992. The number of carbonyl (C=O) groups is 1. The van der Waals surface area contributed by atoms with Gasteiger partial charge in [-0.25, -0.2) is 0 Å². The summed E-state index contributed by atoms with van der Waals surface area (Å²) in [6, 6.07) is 30.9. The lowest BCUT2D eigenvalue weighted by Gasteiger charge is -2.43. The minimum Gasteiger partial charge on any atom is -0.405 e. The summed E-state index contributed by atoms with van der Waals surface area (Å²) in [6.45, 7) is 7.59. The summed E-state index contributed by atoms with van der Waals surface area (Å²) in [7, 11) is -2.63. The number of epoxide rings is 1. The highest BCUT2D eigenvalue weighted by molar-refractivity contribution is 6.99. The topological polar surface area (TPSA) is 48.1 Å². The summed E-state index contributed by atoms with van der Waals surface area (Å²) >= 11 is 0. The minimum atomic E-state index is -2.63. The zero-order chi connectivity index (χ0) is 23.3. The van der Waals surface area contributed by atoms with Crippen LogP contribution >= 0.6 is 0 Å². The highest BCUT2D eigenvalue weighted by Gasteiger charge is 2.53. The first kappa shape index (κ1) is 23.6. The monoisotopic (exact) mass is 460 g/mol. The number of benzene rings is 3. The highest BCUT2D eigenvalue weighted by Crippen LogP contribution is 2.38. The van der Waals surface area contributed by atoms with Crippen LogP contribution in [0.2, 0.25) is 5.04 Å². The first-order valence-corrected chi connectivity index (χ1v) is 13.4. The van der Waals surface area contributed by atoms with Gasteiger partial charge in [0, 0.05) is 0 Å². The van der Waals surface area contributed by atoms with Gasteiger partial charge in [-0.1, -0.05) is 112 Å². The van der Waals surface area contributed by atoms with Crippen molar-refractivity contribution in [2.24, 2.45) is 0 Å². The lowest BCUT2D eigenvalue weighted by molar-refractivity contribution is -0.125. The van der Waals surface area contributed by atoms with Crippen molar-refractivity contribution < 1.29 is 18.7 Å². The zero-order valence-electron chi connectivity index (χ0n) is 19.6. The van der Waals surface area contributed by atoms with E-state index >= 15 is 0 Å². The molecule has 2 unspecified atom stereocenters. The smallest absolute Gasteiger partial charge is 0.261 e. The maximum atomic E-state index is 12.6. The van der Waals surface area contributed by atoms with Gasteiger partial charge in [-0.2, -0.15) is 0 Å². The maximum absolute atomic E-state index is 12.6. The predicted molar refractivity (Wildman–Crippen MR) is 133 cm³/mol. The van der Waals surface area contributed by atoms with Crippen molar-refractivity contribution in [1.82, 2.24) is 0 Å².